The van der Waals surface area contributed by atoms with Crippen LogP contribution in [0.3, 0.4) is 0 Å². The summed E-state index contributed by atoms with van der Waals surface area (Å²) in [6.07, 6.45) is 0.570. The molecule has 2 aromatic rings. The summed E-state index contributed by atoms with van der Waals surface area (Å²) in [5.74, 6) is 0.432. The van der Waals surface area contributed by atoms with Crippen molar-refractivity contribution >= 4 is 31.9 Å². The molecule has 0 saturated carbocycles. The third kappa shape index (κ3) is 3.61. The van der Waals surface area contributed by atoms with Gasteiger partial charge in [-0.1, -0.05) is 18.2 Å². The van der Waals surface area contributed by atoms with Crippen LogP contribution in [0.1, 0.15) is 15.9 Å². The van der Waals surface area contributed by atoms with Crippen molar-refractivity contribution in [3.8, 4) is 5.75 Å². The smallest absolute Gasteiger partial charge is 0.252 e. The fourth-order valence-electron chi connectivity index (χ4n) is 2.52. The Morgan fingerprint density at radius 2 is 2.04 bits per heavy atom. The van der Waals surface area contributed by atoms with Gasteiger partial charge in [-0.05, 0) is 45.8 Å². The number of nitrogens with one attached hydrogen (secondary N) is 1. The maximum absolute atomic E-state index is 12.3. The van der Waals surface area contributed by atoms with E-state index in [1.165, 1.54) is 18.2 Å². The van der Waals surface area contributed by atoms with Crippen molar-refractivity contribution in [3.05, 3.63) is 58.1 Å². The van der Waals surface area contributed by atoms with Gasteiger partial charge >= 0.3 is 0 Å². The van der Waals surface area contributed by atoms with Crippen molar-refractivity contribution in [2.24, 2.45) is 5.14 Å². The van der Waals surface area contributed by atoms with Crippen LogP contribution in [0, 0.1) is 0 Å². The van der Waals surface area contributed by atoms with Crippen LogP contribution < -0.4 is 15.2 Å². The Morgan fingerprint density at radius 3 is 2.75 bits per heavy atom. The second kappa shape index (κ2) is 6.54. The van der Waals surface area contributed by atoms with Crippen LogP contribution in [0.4, 0.5) is 0 Å². The molecule has 24 heavy (non-hydrogen) atoms. The topological polar surface area (TPSA) is 98.5 Å². The molecule has 1 atom stereocenters. The summed E-state index contributed by atoms with van der Waals surface area (Å²) >= 11 is 3.25. The zero-order chi connectivity index (χ0) is 17.3. The molecule has 0 fully saturated rings. The van der Waals surface area contributed by atoms with E-state index in [-0.39, 0.29) is 16.6 Å². The molecule has 1 aliphatic heterocycles. The first-order chi connectivity index (χ1) is 11.3. The van der Waals surface area contributed by atoms with Crippen molar-refractivity contribution in [3.63, 3.8) is 0 Å². The van der Waals surface area contributed by atoms with Crippen molar-refractivity contribution in [2.45, 2.75) is 17.4 Å². The Balaban J connectivity index is 1.68. The van der Waals surface area contributed by atoms with E-state index in [9.17, 15) is 13.2 Å². The minimum Gasteiger partial charge on any atom is -0.488 e. The minimum atomic E-state index is -3.87. The Morgan fingerprint density at radius 1 is 1.29 bits per heavy atom. The Hall–Kier alpha value is -1.90. The molecule has 0 saturated heterocycles. The number of carbonyl (C=O) groups excluding carboxylic acids is 1. The lowest BCUT2D eigenvalue weighted by Crippen LogP contribution is -2.34. The van der Waals surface area contributed by atoms with Crippen LogP contribution >= 0.6 is 15.9 Å². The summed E-state index contributed by atoms with van der Waals surface area (Å²) < 4.78 is 29.1. The number of nitrogens with two attached hydrogens (primary N) is 1. The van der Waals surface area contributed by atoms with Crippen LogP contribution in [0.2, 0.25) is 0 Å². The molecule has 0 bridgehead atoms. The van der Waals surface area contributed by atoms with Crippen molar-refractivity contribution in [2.75, 3.05) is 6.54 Å². The number of ether oxygens (including phenoxy) is 1. The summed E-state index contributed by atoms with van der Waals surface area (Å²) in [6, 6.07) is 11.8. The number of fused-ring (bicyclic) bond motifs is 1. The van der Waals surface area contributed by atoms with Crippen LogP contribution in [0.25, 0.3) is 0 Å². The molecule has 0 aliphatic carbocycles. The predicted molar refractivity (Wildman–Crippen MR) is 92.4 cm³/mol. The largest absolute Gasteiger partial charge is 0.488 e. The van der Waals surface area contributed by atoms with Gasteiger partial charge in [0.25, 0.3) is 5.91 Å². The maximum Gasteiger partial charge on any atom is 0.252 e. The quantitative estimate of drug-likeness (QED) is 0.802. The SMILES string of the molecule is NS(=O)(=O)c1ccc(Br)c(C(=O)NCC2Cc3ccccc3O2)c1. The predicted octanol–water partition coefficient (Wildman–Crippen LogP) is 1.83. The first kappa shape index (κ1) is 16.9. The number of halogens is 1. The third-order valence-electron chi connectivity index (χ3n) is 3.72. The van der Waals surface area contributed by atoms with E-state index >= 15 is 0 Å². The maximum atomic E-state index is 12.3. The van der Waals surface area contributed by atoms with Crippen LogP contribution in [0.5, 0.6) is 5.75 Å². The van der Waals surface area contributed by atoms with Crippen molar-refractivity contribution < 1.29 is 17.9 Å². The molecule has 8 heteroatoms. The highest BCUT2D eigenvalue weighted by molar-refractivity contribution is 9.10. The van der Waals surface area contributed by atoms with Gasteiger partial charge in [-0.3, -0.25) is 4.79 Å². The highest BCUT2D eigenvalue weighted by Gasteiger charge is 2.23. The van der Waals surface area contributed by atoms with Crippen LogP contribution in [-0.2, 0) is 16.4 Å². The number of primary sulfonamides is 1. The summed E-state index contributed by atoms with van der Waals surface area (Å²) in [5, 5.41) is 7.87. The molecular formula is C16H15BrN2O4S. The van der Waals surface area contributed by atoms with E-state index < -0.39 is 15.9 Å². The van der Waals surface area contributed by atoms with Crippen molar-refractivity contribution in [1.82, 2.24) is 5.32 Å². The number of amides is 1. The zero-order valence-electron chi connectivity index (χ0n) is 12.5. The van der Waals surface area contributed by atoms with Gasteiger partial charge in [0.2, 0.25) is 10.0 Å². The van der Waals surface area contributed by atoms with E-state index in [1.54, 1.807) is 0 Å². The highest BCUT2D eigenvalue weighted by Crippen LogP contribution is 2.28. The van der Waals surface area contributed by atoms with E-state index in [1.807, 2.05) is 24.3 Å². The molecule has 3 N–H and O–H groups in total. The lowest BCUT2D eigenvalue weighted by molar-refractivity contribution is 0.0932. The number of rotatable bonds is 4. The van der Waals surface area contributed by atoms with Crippen LogP contribution in [-0.4, -0.2) is 27.0 Å². The molecule has 126 valence electrons. The lowest BCUT2D eigenvalue weighted by Gasteiger charge is -2.13. The fraction of sp³-hybridized carbons (Fsp3) is 0.188. The zero-order valence-corrected chi connectivity index (χ0v) is 14.9. The summed E-state index contributed by atoms with van der Waals surface area (Å²) in [7, 11) is -3.87. The summed E-state index contributed by atoms with van der Waals surface area (Å²) in [4.78, 5) is 12.2. The van der Waals surface area contributed by atoms with Gasteiger partial charge in [-0.15, -0.1) is 0 Å². The first-order valence-corrected chi connectivity index (χ1v) is 9.53. The molecule has 2 aromatic carbocycles. The monoisotopic (exact) mass is 410 g/mol. The van der Waals surface area contributed by atoms with Gasteiger partial charge in [0.15, 0.2) is 0 Å². The Labute approximate surface area is 148 Å². The number of sulfonamides is 1. The molecule has 6 nitrogen and oxygen atoms in total. The van der Waals surface area contributed by atoms with Gasteiger partial charge in [0.1, 0.15) is 11.9 Å². The summed E-state index contributed by atoms with van der Waals surface area (Å²) in [5.41, 5.74) is 1.31. The van der Waals surface area contributed by atoms with Gasteiger partial charge in [-0.2, -0.15) is 0 Å². The van der Waals surface area contributed by atoms with Crippen molar-refractivity contribution in [1.29, 1.82) is 0 Å². The number of hydrogen-bond donors (Lipinski definition) is 2. The first-order valence-electron chi connectivity index (χ1n) is 7.20. The molecule has 1 aliphatic rings. The molecule has 1 heterocycles. The molecule has 3 rings (SSSR count). The third-order valence-corrected chi connectivity index (χ3v) is 5.32. The molecular weight excluding hydrogens is 396 g/mol. The second-order valence-electron chi connectivity index (χ2n) is 5.45. The summed E-state index contributed by atoms with van der Waals surface area (Å²) in [6.45, 7) is 0.319. The molecule has 0 aromatic heterocycles. The van der Waals surface area contributed by atoms with Crippen LogP contribution in [0.15, 0.2) is 51.8 Å². The molecule has 1 amide bonds. The normalized spacial score (nSPS) is 16.3. The average molecular weight is 411 g/mol. The van der Waals surface area contributed by atoms with Gasteiger partial charge in [0, 0.05) is 10.9 Å². The molecule has 0 spiro atoms. The van der Waals surface area contributed by atoms with E-state index in [0.29, 0.717) is 11.0 Å². The van der Waals surface area contributed by atoms with Gasteiger partial charge in [-0.25, -0.2) is 13.6 Å². The molecule has 1 unspecified atom stereocenters. The van der Waals surface area contributed by atoms with E-state index in [2.05, 4.69) is 21.2 Å². The Kier molecular flexibility index (Phi) is 4.62. The van der Waals surface area contributed by atoms with Gasteiger partial charge in [0.05, 0.1) is 17.0 Å². The minimum absolute atomic E-state index is 0.111. The fourth-order valence-corrected chi connectivity index (χ4v) is 3.49. The second-order valence-corrected chi connectivity index (χ2v) is 7.86. The lowest BCUT2D eigenvalue weighted by atomic mass is 10.1. The molecule has 0 radical (unpaired) electrons. The van der Waals surface area contributed by atoms with E-state index in [0.717, 1.165) is 17.7 Å². The number of para-hydroxylation sites is 1. The highest BCUT2D eigenvalue weighted by atomic mass is 79.9. The Bertz CT molecular complexity index is 874. The number of hydrogen-bond acceptors (Lipinski definition) is 4. The number of carbonyl (C=O) groups is 1. The average Bonchev–Trinajstić information content (AvgIpc) is 2.94. The van der Waals surface area contributed by atoms with E-state index in [4.69, 9.17) is 9.88 Å². The standard InChI is InChI=1S/C16H15BrN2O4S/c17-14-6-5-12(24(18,21)22)8-13(14)16(20)19-9-11-7-10-3-1-2-4-15(10)23-11/h1-6,8,11H,7,9H2,(H,19,20)(H2,18,21,22). The van der Waals surface area contributed by atoms with Gasteiger partial charge < -0.3 is 10.1 Å². The number of benzene rings is 2.